The first-order valence-corrected chi connectivity index (χ1v) is 8.56. The molecule has 0 saturated heterocycles. The molecule has 0 saturated carbocycles. The van der Waals surface area contributed by atoms with Gasteiger partial charge >= 0.3 is 0 Å². The van der Waals surface area contributed by atoms with Crippen LogP contribution in [-0.2, 0) is 4.79 Å². The van der Waals surface area contributed by atoms with Crippen LogP contribution in [0.5, 0.6) is 5.75 Å². The molecule has 8 heteroatoms. The molecule has 0 fully saturated rings. The first-order chi connectivity index (χ1) is 12.8. The van der Waals surface area contributed by atoms with Crippen LogP contribution in [0.4, 0.5) is 5.69 Å². The van der Waals surface area contributed by atoms with Crippen LogP contribution in [0.15, 0.2) is 36.4 Å². The summed E-state index contributed by atoms with van der Waals surface area (Å²) in [4.78, 5) is 37.1. The minimum absolute atomic E-state index is 0.257. The van der Waals surface area contributed by atoms with Crippen LogP contribution >= 0.6 is 23.2 Å². The standard InChI is InChI=1S/C19H14Cl2N2O4/c1-23-18(25)13-5-4-12(9-14(13)19(23)26)22-16(24)6-3-10-7-11(20)8-15(21)17(10)27-2/h3-9H,1-2H3,(H,22,24). The van der Waals surface area contributed by atoms with Gasteiger partial charge in [-0.25, -0.2) is 0 Å². The number of nitrogens with one attached hydrogen (secondary N) is 1. The number of hydrogen-bond donors (Lipinski definition) is 1. The van der Waals surface area contributed by atoms with E-state index in [1.54, 1.807) is 18.2 Å². The molecule has 1 aliphatic rings. The largest absolute Gasteiger partial charge is 0.495 e. The van der Waals surface area contributed by atoms with E-state index >= 15 is 0 Å². The Morgan fingerprint density at radius 2 is 1.81 bits per heavy atom. The van der Waals surface area contributed by atoms with Crippen LogP contribution in [0.3, 0.4) is 0 Å². The van der Waals surface area contributed by atoms with Crippen LogP contribution in [0.1, 0.15) is 26.3 Å². The number of nitrogens with zero attached hydrogens (tertiary/aromatic N) is 1. The van der Waals surface area contributed by atoms with E-state index in [1.807, 2.05) is 0 Å². The van der Waals surface area contributed by atoms with E-state index in [4.69, 9.17) is 27.9 Å². The molecule has 1 N–H and O–H groups in total. The number of halogens is 2. The number of imide groups is 1. The highest BCUT2D eigenvalue weighted by atomic mass is 35.5. The highest BCUT2D eigenvalue weighted by Gasteiger charge is 2.32. The smallest absolute Gasteiger partial charge is 0.261 e. The fraction of sp³-hybridized carbons (Fsp3) is 0.105. The van der Waals surface area contributed by atoms with E-state index in [0.717, 1.165) is 4.90 Å². The molecule has 1 aliphatic heterocycles. The van der Waals surface area contributed by atoms with Gasteiger partial charge in [0.05, 0.1) is 23.3 Å². The minimum Gasteiger partial charge on any atom is -0.495 e. The van der Waals surface area contributed by atoms with Crippen LogP contribution in [0, 0.1) is 0 Å². The average molecular weight is 405 g/mol. The molecule has 138 valence electrons. The fourth-order valence-corrected chi connectivity index (χ4v) is 3.29. The summed E-state index contributed by atoms with van der Waals surface area (Å²) in [5, 5.41) is 3.38. The maximum Gasteiger partial charge on any atom is 0.261 e. The van der Waals surface area contributed by atoms with Crippen molar-refractivity contribution in [3.63, 3.8) is 0 Å². The Kier molecular flexibility index (Phi) is 5.21. The molecule has 6 nitrogen and oxygen atoms in total. The number of anilines is 1. The van der Waals surface area contributed by atoms with Gasteiger partial charge in [0, 0.05) is 29.4 Å². The normalized spacial score (nSPS) is 13.3. The number of benzene rings is 2. The summed E-state index contributed by atoms with van der Waals surface area (Å²) >= 11 is 12.0. The lowest BCUT2D eigenvalue weighted by molar-refractivity contribution is -0.111. The Morgan fingerprint density at radius 1 is 1.11 bits per heavy atom. The summed E-state index contributed by atoms with van der Waals surface area (Å²) in [6.45, 7) is 0. The van der Waals surface area contributed by atoms with E-state index in [0.29, 0.717) is 32.6 Å². The number of carbonyl (C=O) groups is 3. The highest BCUT2D eigenvalue weighted by molar-refractivity contribution is 6.36. The van der Waals surface area contributed by atoms with Crippen molar-refractivity contribution in [3.8, 4) is 5.75 Å². The SMILES string of the molecule is COc1c(Cl)cc(Cl)cc1C=CC(=O)Nc1ccc2c(c1)C(=O)N(C)C2=O. The quantitative estimate of drug-likeness (QED) is 0.619. The fourth-order valence-electron chi connectivity index (χ4n) is 2.71. The van der Waals surface area contributed by atoms with Crippen LogP contribution < -0.4 is 10.1 Å². The van der Waals surface area contributed by atoms with E-state index in [2.05, 4.69) is 5.32 Å². The van der Waals surface area contributed by atoms with Crippen molar-refractivity contribution in [2.75, 3.05) is 19.5 Å². The van der Waals surface area contributed by atoms with Crippen LogP contribution in [0.25, 0.3) is 6.08 Å². The van der Waals surface area contributed by atoms with Crippen molar-refractivity contribution in [3.05, 3.63) is 63.1 Å². The maximum atomic E-state index is 12.2. The second-order valence-electron chi connectivity index (χ2n) is 5.76. The van der Waals surface area contributed by atoms with Gasteiger partial charge in [-0.05, 0) is 36.4 Å². The summed E-state index contributed by atoms with van der Waals surface area (Å²) in [7, 11) is 2.88. The lowest BCUT2D eigenvalue weighted by Crippen LogP contribution is -2.24. The molecule has 2 aromatic carbocycles. The van der Waals surface area contributed by atoms with Crippen LogP contribution in [0.2, 0.25) is 10.0 Å². The molecule has 0 spiro atoms. The van der Waals surface area contributed by atoms with E-state index in [9.17, 15) is 14.4 Å². The summed E-state index contributed by atoms with van der Waals surface area (Å²) in [6.07, 6.45) is 2.80. The third-order valence-electron chi connectivity index (χ3n) is 4.01. The van der Waals surface area contributed by atoms with Crippen molar-refractivity contribution in [2.45, 2.75) is 0 Å². The molecule has 0 unspecified atom stereocenters. The summed E-state index contributed by atoms with van der Waals surface area (Å²) in [6, 6.07) is 7.70. The molecular formula is C19H14Cl2N2O4. The number of rotatable bonds is 4. The van der Waals surface area contributed by atoms with Gasteiger partial charge in [0.15, 0.2) is 0 Å². The van der Waals surface area contributed by atoms with Gasteiger partial charge in [0.1, 0.15) is 5.75 Å². The van der Waals surface area contributed by atoms with Gasteiger partial charge in [-0.15, -0.1) is 0 Å². The zero-order valence-corrected chi connectivity index (χ0v) is 15.9. The second kappa shape index (κ2) is 7.42. The second-order valence-corrected chi connectivity index (χ2v) is 6.61. The third-order valence-corrected chi connectivity index (χ3v) is 4.51. The van der Waals surface area contributed by atoms with Gasteiger partial charge in [-0.2, -0.15) is 0 Å². The molecule has 3 rings (SSSR count). The predicted octanol–water partition coefficient (Wildman–Crippen LogP) is 3.88. The summed E-state index contributed by atoms with van der Waals surface area (Å²) in [5.74, 6) is -0.800. The zero-order chi connectivity index (χ0) is 19.7. The molecule has 27 heavy (non-hydrogen) atoms. The molecule has 0 aliphatic carbocycles. The Morgan fingerprint density at radius 3 is 2.52 bits per heavy atom. The Bertz CT molecular complexity index is 1000. The highest BCUT2D eigenvalue weighted by Crippen LogP contribution is 2.33. The van der Waals surface area contributed by atoms with Gasteiger partial charge in [0.25, 0.3) is 11.8 Å². The molecule has 2 aromatic rings. The Hall–Kier alpha value is -2.83. The maximum absolute atomic E-state index is 12.2. The summed E-state index contributed by atoms with van der Waals surface area (Å²) < 4.78 is 5.22. The van der Waals surface area contributed by atoms with Crippen molar-refractivity contribution in [1.29, 1.82) is 0 Å². The topological polar surface area (TPSA) is 75.7 Å². The predicted molar refractivity (Wildman–Crippen MR) is 104 cm³/mol. The molecule has 0 bridgehead atoms. The minimum atomic E-state index is -0.432. The number of ether oxygens (including phenoxy) is 1. The Labute approximate surface area is 165 Å². The van der Waals surface area contributed by atoms with Crippen molar-refractivity contribution in [2.24, 2.45) is 0 Å². The van der Waals surface area contributed by atoms with Gasteiger partial charge < -0.3 is 10.1 Å². The zero-order valence-electron chi connectivity index (χ0n) is 14.4. The number of carbonyl (C=O) groups excluding carboxylic acids is 3. The van der Waals surface area contributed by atoms with Crippen molar-refractivity contribution >= 4 is 52.7 Å². The van der Waals surface area contributed by atoms with Crippen LogP contribution in [-0.4, -0.2) is 36.8 Å². The third kappa shape index (κ3) is 3.67. The lowest BCUT2D eigenvalue weighted by Gasteiger charge is -2.08. The van der Waals surface area contributed by atoms with E-state index in [1.165, 1.54) is 38.4 Å². The van der Waals surface area contributed by atoms with Gasteiger partial charge in [0.2, 0.25) is 5.91 Å². The molecule has 1 heterocycles. The van der Waals surface area contributed by atoms with Crippen molar-refractivity contribution < 1.29 is 19.1 Å². The molecule has 0 atom stereocenters. The van der Waals surface area contributed by atoms with Gasteiger partial charge in [-0.3, -0.25) is 19.3 Å². The molecular weight excluding hydrogens is 391 g/mol. The molecule has 0 aromatic heterocycles. The average Bonchev–Trinajstić information content (AvgIpc) is 2.84. The van der Waals surface area contributed by atoms with E-state index in [-0.39, 0.29) is 11.5 Å². The number of methoxy groups -OCH3 is 1. The molecule has 3 amide bonds. The monoisotopic (exact) mass is 404 g/mol. The number of hydrogen-bond acceptors (Lipinski definition) is 4. The Balaban J connectivity index is 1.79. The first kappa shape index (κ1) is 18.9. The number of amides is 3. The molecule has 0 radical (unpaired) electrons. The first-order valence-electron chi connectivity index (χ1n) is 7.80. The van der Waals surface area contributed by atoms with Gasteiger partial charge in [-0.1, -0.05) is 23.2 Å². The van der Waals surface area contributed by atoms with E-state index < -0.39 is 11.8 Å². The lowest BCUT2D eigenvalue weighted by atomic mass is 10.1. The van der Waals surface area contributed by atoms with Crippen molar-refractivity contribution in [1.82, 2.24) is 4.90 Å². The summed E-state index contributed by atoms with van der Waals surface area (Å²) in [5.41, 5.74) is 1.51. The number of fused-ring (bicyclic) bond motifs is 1.